The minimum absolute atomic E-state index is 0.0143. The van der Waals surface area contributed by atoms with Crippen LogP contribution in [0.2, 0.25) is 0 Å². The molecule has 9 heteroatoms. The molecule has 2 unspecified atom stereocenters. The van der Waals surface area contributed by atoms with Crippen molar-refractivity contribution >= 4 is 39.6 Å². The van der Waals surface area contributed by atoms with E-state index in [9.17, 15) is 14.4 Å². The van der Waals surface area contributed by atoms with E-state index in [-0.39, 0.29) is 29.8 Å². The van der Waals surface area contributed by atoms with Gasteiger partial charge in [0.1, 0.15) is 5.60 Å². The molecule has 1 saturated carbocycles. The van der Waals surface area contributed by atoms with Gasteiger partial charge in [0.2, 0.25) is 5.91 Å². The molecule has 1 spiro atoms. The molecule has 2 rings (SSSR count). The van der Waals surface area contributed by atoms with Crippen LogP contribution in [-0.4, -0.2) is 64.7 Å². The topological polar surface area (TPSA) is 95.9 Å². The Balaban J connectivity index is 1.63. The summed E-state index contributed by atoms with van der Waals surface area (Å²) in [5.74, 6) is 0.578. The number of carboxylic acid groups (broad SMARTS) is 1. The lowest BCUT2D eigenvalue weighted by atomic mass is 10.0. The van der Waals surface area contributed by atoms with Crippen molar-refractivity contribution in [2.24, 2.45) is 11.3 Å². The number of hydrogen-bond donors (Lipinski definition) is 2. The van der Waals surface area contributed by atoms with Gasteiger partial charge in [0.05, 0.1) is 6.42 Å². The van der Waals surface area contributed by atoms with E-state index in [1.54, 1.807) is 15.7 Å². The van der Waals surface area contributed by atoms with Crippen molar-refractivity contribution < 1.29 is 24.2 Å². The Kier molecular flexibility index (Phi) is 7.12. The van der Waals surface area contributed by atoms with Crippen LogP contribution in [0.3, 0.4) is 0 Å². The zero-order valence-corrected chi connectivity index (χ0v) is 17.2. The lowest BCUT2D eigenvalue weighted by molar-refractivity contribution is -0.136. The number of likely N-dealkylation sites (tertiary alicyclic amines) is 1. The first-order valence-electron chi connectivity index (χ1n) is 8.85. The van der Waals surface area contributed by atoms with E-state index in [4.69, 9.17) is 9.84 Å². The smallest absolute Gasteiger partial charge is 0.410 e. The summed E-state index contributed by atoms with van der Waals surface area (Å²) < 4.78 is 5.41. The molecule has 2 amide bonds. The third-order valence-electron chi connectivity index (χ3n) is 4.51. The summed E-state index contributed by atoms with van der Waals surface area (Å²) in [5, 5.41) is 11.5. The van der Waals surface area contributed by atoms with Gasteiger partial charge in [-0.2, -0.15) is 0 Å². The Labute approximate surface area is 162 Å². The minimum atomic E-state index is -0.789. The van der Waals surface area contributed by atoms with E-state index in [0.29, 0.717) is 25.4 Å². The predicted octanol–water partition coefficient (Wildman–Crippen LogP) is 2.61. The van der Waals surface area contributed by atoms with Gasteiger partial charge in [-0.05, 0) is 33.6 Å². The van der Waals surface area contributed by atoms with Gasteiger partial charge in [0.25, 0.3) is 0 Å². The maximum atomic E-state index is 12.3. The van der Waals surface area contributed by atoms with Crippen LogP contribution in [0.15, 0.2) is 0 Å². The zero-order valence-electron chi connectivity index (χ0n) is 15.6. The fourth-order valence-corrected chi connectivity index (χ4v) is 5.02. The first kappa shape index (κ1) is 21.2. The quantitative estimate of drug-likeness (QED) is 0.474. The van der Waals surface area contributed by atoms with Crippen LogP contribution in [0.25, 0.3) is 0 Å². The van der Waals surface area contributed by atoms with E-state index in [1.165, 1.54) is 10.8 Å². The number of rotatable bonds is 8. The summed E-state index contributed by atoms with van der Waals surface area (Å²) in [4.78, 5) is 36.6. The van der Waals surface area contributed by atoms with Gasteiger partial charge >= 0.3 is 12.1 Å². The van der Waals surface area contributed by atoms with Crippen molar-refractivity contribution in [3.8, 4) is 0 Å². The Morgan fingerprint density at radius 1 is 1.27 bits per heavy atom. The fraction of sp³-hybridized carbons (Fsp3) is 0.824. The summed E-state index contributed by atoms with van der Waals surface area (Å²) in [5.41, 5.74) is -0.572. The van der Waals surface area contributed by atoms with Gasteiger partial charge in [-0.1, -0.05) is 21.6 Å². The number of nitrogens with zero attached hydrogens (tertiary/aromatic N) is 1. The van der Waals surface area contributed by atoms with Crippen molar-refractivity contribution in [2.45, 2.75) is 45.6 Å². The lowest BCUT2D eigenvalue weighted by Crippen LogP contribution is -2.36. The highest BCUT2D eigenvalue weighted by molar-refractivity contribution is 8.76. The predicted molar refractivity (Wildman–Crippen MR) is 103 cm³/mol. The maximum absolute atomic E-state index is 12.3. The normalized spacial score (nSPS) is 24.6. The number of amides is 2. The molecular formula is C17H28N2O5S2. The molecule has 26 heavy (non-hydrogen) atoms. The van der Waals surface area contributed by atoms with E-state index in [2.05, 4.69) is 5.32 Å². The van der Waals surface area contributed by atoms with E-state index in [0.717, 1.165) is 18.6 Å². The van der Waals surface area contributed by atoms with Crippen LogP contribution in [0, 0.1) is 11.3 Å². The molecule has 1 saturated heterocycles. The van der Waals surface area contributed by atoms with Gasteiger partial charge in [-0.3, -0.25) is 9.59 Å². The van der Waals surface area contributed by atoms with Gasteiger partial charge in [0.15, 0.2) is 0 Å². The summed E-state index contributed by atoms with van der Waals surface area (Å²) in [6, 6.07) is 0. The molecule has 7 nitrogen and oxygen atoms in total. The summed E-state index contributed by atoms with van der Waals surface area (Å²) in [6.45, 7) is 7.37. The number of carboxylic acids is 1. The van der Waals surface area contributed by atoms with Crippen molar-refractivity contribution in [3.63, 3.8) is 0 Å². The number of nitrogens with one attached hydrogen (secondary N) is 1. The second-order valence-electron chi connectivity index (χ2n) is 7.85. The number of aliphatic carboxylic acids is 1. The molecule has 1 aliphatic heterocycles. The van der Waals surface area contributed by atoms with Crippen LogP contribution in [0.1, 0.15) is 40.0 Å². The second kappa shape index (κ2) is 8.73. The molecule has 0 aromatic carbocycles. The maximum Gasteiger partial charge on any atom is 0.410 e. The van der Waals surface area contributed by atoms with E-state index < -0.39 is 11.6 Å². The Hall–Kier alpha value is -1.09. The van der Waals surface area contributed by atoms with Crippen LogP contribution in [0.5, 0.6) is 0 Å². The molecule has 148 valence electrons. The van der Waals surface area contributed by atoms with Crippen molar-refractivity contribution in [1.29, 1.82) is 0 Å². The molecular weight excluding hydrogens is 376 g/mol. The first-order chi connectivity index (χ1) is 12.1. The second-order valence-corrected chi connectivity index (χ2v) is 10.6. The number of hydrogen-bond acceptors (Lipinski definition) is 6. The third kappa shape index (κ3) is 6.26. The van der Waals surface area contributed by atoms with Gasteiger partial charge < -0.3 is 20.1 Å². The largest absolute Gasteiger partial charge is 0.481 e. The molecule has 2 aliphatic rings. The standard InChI is InChI=1S/C17H28N2O5S2/c1-16(2,3)24-15(23)19-7-5-17(11-19)10-12(17)14(22)18-6-9-26-25-8-4-13(20)21/h12H,4-11H2,1-3H3,(H,18,22)(H,20,21). The van der Waals surface area contributed by atoms with Crippen LogP contribution < -0.4 is 5.32 Å². The fourth-order valence-electron chi connectivity index (χ4n) is 3.13. The van der Waals surface area contributed by atoms with Gasteiger partial charge in [0, 0.05) is 42.5 Å². The Bertz CT molecular complexity index is 552. The van der Waals surface area contributed by atoms with Crippen LogP contribution in [0.4, 0.5) is 4.79 Å². The van der Waals surface area contributed by atoms with Crippen molar-refractivity contribution in [3.05, 3.63) is 0 Å². The Morgan fingerprint density at radius 3 is 2.62 bits per heavy atom. The molecule has 1 heterocycles. The molecule has 0 aromatic heterocycles. The van der Waals surface area contributed by atoms with Crippen molar-refractivity contribution in [2.75, 3.05) is 31.1 Å². The molecule has 2 fully saturated rings. The van der Waals surface area contributed by atoms with Crippen molar-refractivity contribution in [1.82, 2.24) is 10.2 Å². The van der Waals surface area contributed by atoms with Gasteiger partial charge in [-0.15, -0.1) is 0 Å². The first-order valence-corrected chi connectivity index (χ1v) is 11.3. The number of carbonyl (C=O) groups is 3. The monoisotopic (exact) mass is 404 g/mol. The summed E-state index contributed by atoms with van der Waals surface area (Å²) >= 11 is 0. The minimum Gasteiger partial charge on any atom is -0.481 e. The number of carbonyl (C=O) groups excluding carboxylic acids is 2. The molecule has 2 atom stereocenters. The molecule has 0 bridgehead atoms. The highest BCUT2D eigenvalue weighted by Crippen LogP contribution is 2.58. The average Bonchev–Trinajstić information content (AvgIpc) is 3.04. The number of ether oxygens (including phenoxy) is 1. The van der Waals surface area contributed by atoms with E-state index in [1.807, 2.05) is 20.8 Å². The SMILES string of the molecule is CC(C)(C)OC(=O)N1CCC2(CC2C(=O)NCCSSCCC(=O)O)C1. The molecule has 2 N–H and O–H groups in total. The van der Waals surface area contributed by atoms with Gasteiger partial charge in [-0.25, -0.2) is 4.79 Å². The highest BCUT2D eigenvalue weighted by atomic mass is 33.1. The summed E-state index contributed by atoms with van der Waals surface area (Å²) in [7, 11) is 3.08. The average molecular weight is 405 g/mol. The zero-order chi connectivity index (χ0) is 19.4. The molecule has 1 aliphatic carbocycles. The molecule has 0 radical (unpaired) electrons. The summed E-state index contributed by atoms with van der Waals surface area (Å²) in [6.07, 6.45) is 1.54. The van der Waals surface area contributed by atoms with E-state index >= 15 is 0 Å². The highest BCUT2D eigenvalue weighted by Gasteiger charge is 2.61. The molecule has 0 aromatic rings. The lowest BCUT2D eigenvalue weighted by Gasteiger charge is -2.24. The third-order valence-corrected chi connectivity index (χ3v) is 6.92. The van der Waals surface area contributed by atoms with Crippen LogP contribution >= 0.6 is 21.6 Å². The van der Waals surface area contributed by atoms with Crippen LogP contribution in [-0.2, 0) is 14.3 Å². The Morgan fingerprint density at radius 2 is 1.96 bits per heavy atom.